The van der Waals surface area contributed by atoms with Crippen LogP contribution in [0.2, 0.25) is 0 Å². The lowest BCUT2D eigenvalue weighted by molar-refractivity contribution is 0.117. The molecular weight excluding hydrogens is 233 g/mol. The van der Waals surface area contributed by atoms with Crippen LogP contribution in [-0.4, -0.2) is 31.9 Å². The summed E-state index contributed by atoms with van der Waals surface area (Å²) in [6.45, 7) is 5.53. The van der Waals surface area contributed by atoms with Crippen molar-refractivity contribution in [3.05, 3.63) is 29.6 Å². The van der Waals surface area contributed by atoms with Gasteiger partial charge in [0.1, 0.15) is 17.7 Å². The van der Waals surface area contributed by atoms with Crippen LogP contribution in [0.15, 0.2) is 18.2 Å². The maximum atomic E-state index is 13.1. The van der Waals surface area contributed by atoms with E-state index in [1.807, 2.05) is 0 Å². The molecule has 0 bridgehead atoms. The first-order chi connectivity index (χ1) is 8.50. The van der Waals surface area contributed by atoms with Crippen LogP contribution in [0.1, 0.15) is 19.4 Å². The molecule has 0 saturated heterocycles. The van der Waals surface area contributed by atoms with E-state index in [4.69, 9.17) is 9.47 Å². The van der Waals surface area contributed by atoms with E-state index in [0.717, 1.165) is 24.3 Å². The van der Waals surface area contributed by atoms with Crippen molar-refractivity contribution in [1.82, 2.24) is 5.32 Å². The van der Waals surface area contributed by atoms with E-state index in [0.29, 0.717) is 6.61 Å². The fourth-order valence-corrected chi connectivity index (χ4v) is 2.20. The maximum Gasteiger partial charge on any atom is 0.123 e. The van der Waals surface area contributed by atoms with E-state index >= 15 is 0 Å². The third kappa shape index (κ3) is 3.21. The molecule has 1 aliphatic rings. The number of halogens is 1. The van der Waals surface area contributed by atoms with Crippen molar-refractivity contribution >= 4 is 0 Å². The molecule has 0 amide bonds. The van der Waals surface area contributed by atoms with Crippen LogP contribution in [0, 0.1) is 5.82 Å². The molecule has 0 radical (unpaired) electrons. The Bertz CT molecular complexity index is 420. The molecule has 1 aliphatic heterocycles. The van der Waals surface area contributed by atoms with Gasteiger partial charge in [-0.15, -0.1) is 0 Å². The topological polar surface area (TPSA) is 30.5 Å². The number of rotatable bonds is 5. The van der Waals surface area contributed by atoms with Crippen LogP contribution in [0.25, 0.3) is 0 Å². The molecule has 1 unspecified atom stereocenters. The predicted molar refractivity (Wildman–Crippen MR) is 68.5 cm³/mol. The minimum atomic E-state index is -0.203. The second-order valence-corrected chi connectivity index (χ2v) is 5.39. The molecule has 0 spiro atoms. The normalized spacial score (nSPS) is 18.6. The van der Waals surface area contributed by atoms with Crippen LogP contribution in [0.5, 0.6) is 5.75 Å². The van der Waals surface area contributed by atoms with E-state index in [2.05, 4.69) is 19.2 Å². The molecule has 0 saturated carbocycles. The third-order valence-electron chi connectivity index (χ3n) is 3.08. The van der Waals surface area contributed by atoms with Crippen molar-refractivity contribution in [2.45, 2.75) is 31.9 Å². The second-order valence-electron chi connectivity index (χ2n) is 5.39. The van der Waals surface area contributed by atoms with Crippen LogP contribution in [-0.2, 0) is 11.2 Å². The number of hydrogen-bond donors (Lipinski definition) is 1. The number of hydrogen-bond acceptors (Lipinski definition) is 3. The number of nitrogens with one attached hydrogen (secondary N) is 1. The number of benzene rings is 1. The van der Waals surface area contributed by atoms with Crippen molar-refractivity contribution in [2.75, 3.05) is 20.3 Å². The van der Waals surface area contributed by atoms with Gasteiger partial charge in [0.2, 0.25) is 0 Å². The summed E-state index contributed by atoms with van der Waals surface area (Å²) in [7, 11) is 1.69. The third-order valence-corrected chi connectivity index (χ3v) is 3.08. The highest BCUT2D eigenvalue weighted by Gasteiger charge is 2.25. The zero-order valence-electron chi connectivity index (χ0n) is 11.1. The van der Waals surface area contributed by atoms with Crippen molar-refractivity contribution in [1.29, 1.82) is 0 Å². The summed E-state index contributed by atoms with van der Waals surface area (Å²) in [5.74, 6) is 0.596. The number of ether oxygens (including phenoxy) is 2. The number of fused-ring (bicyclic) bond motifs is 1. The van der Waals surface area contributed by atoms with Gasteiger partial charge in [0.05, 0.1) is 6.61 Å². The van der Waals surface area contributed by atoms with E-state index < -0.39 is 0 Å². The van der Waals surface area contributed by atoms with Crippen LogP contribution >= 0.6 is 0 Å². The lowest BCUT2D eigenvalue weighted by Gasteiger charge is -2.27. The second kappa shape index (κ2) is 5.24. The van der Waals surface area contributed by atoms with Crippen molar-refractivity contribution in [2.24, 2.45) is 0 Å². The average molecular weight is 253 g/mol. The van der Waals surface area contributed by atoms with Gasteiger partial charge in [0.25, 0.3) is 0 Å². The molecule has 0 aromatic heterocycles. The monoisotopic (exact) mass is 253 g/mol. The Morgan fingerprint density at radius 1 is 1.50 bits per heavy atom. The van der Waals surface area contributed by atoms with E-state index in [1.165, 1.54) is 6.07 Å². The molecular formula is C14H20FNO2. The molecule has 1 aromatic rings. The van der Waals surface area contributed by atoms with Crippen LogP contribution in [0.4, 0.5) is 4.39 Å². The van der Waals surface area contributed by atoms with E-state index in [-0.39, 0.29) is 17.5 Å². The summed E-state index contributed by atoms with van der Waals surface area (Å²) in [4.78, 5) is 0. The molecule has 1 atom stereocenters. The highest BCUT2D eigenvalue weighted by atomic mass is 19.1. The summed E-state index contributed by atoms with van der Waals surface area (Å²) >= 11 is 0. The first kappa shape index (κ1) is 13.3. The summed E-state index contributed by atoms with van der Waals surface area (Å²) in [5, 5.41) is 3.41. The minimum Gasteiger partial charge on any atom is -0.488 e. The average Bonchev–Trinajstić information content (AvgIpc) is 2.68. The molecule has 18 heavy (non-hydrogen) atoms. The standard InChI is InChI=1S/C14H20FNO2/c1-14(2,9-17-3)16-8-12-7-10-6-11(15)4-5-13(10)18-12/h4-6,12,16H,7-9H2,1-3H3. The molecule has 1 N–H and O–H groups in total. The Morgan fingerprint density at radius 3 is 3.00 bits per heavy atom. The van der Waals surface area contributed by atoms with E-state index in [1.54, 1.807) is 19.2 Å². The first-order valence-electron chi connectivity index (χ1n) is 6.19. The van der Waals surface area contributed by atoms with Gasteiger partial charge < -0.3 is 14.8 Å². The Balaban J connectivity index is 1.88. The molecule has 2 rings (SSSR count). The Labute approximate surface area is 107 Å². The molecule has 0 fully saturated rings. The van der Waals surface area contributed by atoms with Gasteiger partial charge in [-0.2, -0.15) is 0 Å². The van der Waals surface area contributed by atoms with Gasteiger partial charge in [-0.05, 0) is 32.0 Å². The summed E-state index contributed by atoms with van der Waals surface area (Å²) in [5.41, 5.74) is 0.865. The van der Waals surface area contributed by atoms with Crippen molar-refractivity contribution < 1.29 is 13.9 Å². The minimum absolute atomic E-state index is 0.0675. The highest BCUT2D eigenvalue weighted by molar-refractivity contribution is 5.37. The van der Waals surface area contributed by atoms with Crippen molar-refractivity contribution in [3.8, 4) is 5.75 Å². The summed E-state index contributed by atoms with van der Waals surface area (Å²) in [6, 6.07) is 4.68. The quantitative estimate of drug-likeness (QED) is 0.872. The molecule has 0 aliphatic carbocycles. The van der Waals surface area contributed by atoms with Gasteiger partial charge in [-0.25, -0.2) is 4.39 Å². The van der Waals surface area contributed by atoms with E-state index in [9.17, 15) is 4.39 Å². The Morgan fingerprint density at radius 2 is 2.28 bits per heavy atom. The number of methoxy groups -OCH3 is 1. The largest absolute Gasteiger partial charge is 0.488 e. The zero-order valence-corrected chi connectivity index (χ0v) is 11.1. The molecule has 3 nitrogen and oxygen atoms in total. The molecule has 1 aromatic carbocycles. The van der Waals surface area contributed by atoms with Gasteiger partial charge in [-0.1, -0.05) is 0 Å². The van der Waals surface area contributed by atoms with Gasteiger partial charge >= 0.3 is 0 Å². The fourth-order valence-electron chi connectivity index (χ4n) is 2.20. The maximum absolute atomic E-state index is 13.1. The highest BCUT2D eigenvalue weighted by Crippen LogP contribution is 2.29. The van der Waals surface area contributed by atoms with Crippen LogP contribution in [0.3, 0.4) is 0 Å². The molecule has 1 heterocycles. The fraction of sp³-hybridized carbons (Fsp3) is 0.571. The van der Waals surface area contributed by atoms with Gasteiger partial charge in [0.15, 0.2) is 0 Å². The predicted octanol–water partition coefficient (Wildman–Crippen LogP) is 2.14. The first-order valence-corrected chi connectivity index (χ1v) is 6.19. The van der Waals surface area contributed by atoms with Crippen LogP contribution < -0.4 is 10.1 Å². The Kier molecular flexibility index (Phi) is 3.88. The molecule has 4 heteroatoms. The summed E-state index contributed by atoms with van der Waals surface area (Å²) < 4.78 is 24.0. The molecule has 100 valence electrons. The SMILES string of the molecule is COCC(C)(C)NCC1Cc2cc(F)ccc2O1. The van der Waals surface area contributed by atoms with Gasteiger partial charge in [0, 0.05) is 31.2 Å². The van der Waals surface area contributed by atoms with Crippen molar-refractivity contribution in [3.63, 3.8) is 0 Å². The zero-order chi connectivity index (χ0) is 13.2. The smallest absolute Gasteiger partial charge is 0.123 e. The Hall–Kier alpha value is -1.13. The van der Waals surface area contributed by atoms with Gasteiger partial charge in [-0.3, -0.25) is 0 Å². The lowest BCUT2D eigenvalue weighted by Crippen LogP contribution is -2.47. The lowest BCUT2D eigenvalue weighted by atomic mass is 10.1. The summed E-state index contributed by atoms with van der Waals surface area (Å²) in [6.07, 6.45) is 0.821.